The van der Waals surface area contributed by atoms with Gasteiger partial charge in [0.2, 0.25) is 0 Å². The lowest BCUT2D eigenvalue weighted by atomic mass is 9.70. The molecule has 3 rings (SSSR count). The average molecular weight is 421 g/mol. The second kappa shape index (κ2) is 9.10. The zero-order chi connectivity index (χ0) is 21.7. The number of amidine groups is 1. The first-order valence-electron chi connectivity index (χ1n) is 9.86. The number of hydrogen-bond donors (Lipinski definition) is 2. The van der Waals surface area contributed by atoms with Crippen molar-refractivity contribution in [2.24, 2.45) is 4.99 Å². The third-order valence-electron chi connectivity index (χ3n) is 5.37. The van der Waals surface area contributed by atoms with Crippen LogP contribution in [0.25, 0.3) is 0 Å². The molecular weight excluding hydrogens is 396 g/mol. The van der Waals surface area contributed by atoms with Crippen LogP contribution in [0.15, 0.2) is 53.5 Å². The molecule has 0 saturated heterocycles. The topological polar surface area (TPSA) is 73.1 Å². The number of rotatable bonds is 6. The highest BCUT2D eigenvalue weighted by atomic mass is 32.1. The summed E-state index contributed by atoms with van der Waals surface area (Å²) in [6.45, 7) is 3.37. The molecule has 1 heterocycles. The monoisotopic (exact) mass is 420 g/mol. The van der Waals surface area contributed by atoms with Crippen molar-refractivity contribution in [2.75, 3.05) is 13.1 Å². The summed E-state index contributed by atoms with van der Waals surface area (Å²) < 4.78 is 0. The molecule has 0 aliphatic carbocycles. The van der Waals surface area contributed by atoms with Gasteiger partial charge in [0.25, 0.3) is 0 Å². The van der Waals surface area contributed by atoms with Gasteiger partial charge in [0.15, 0.2) is 0 Å². The van der Waals surface area contributed by atoms with E-state index in [1.54, 1.807) is 30.3 Å². The van der Waals surface area contributed by atoms with E-state index < -0.39 is 11.4 Å². The maximum atomic E-state index is 11.7. The predicted octanol–water partition coefficient (Wildman–Crippen LogP) is 4.24. The number of aliphatic imine (C=N–C) groups is 1. The lowest BCUT2D eigenvalue weighted by Crippen LogP contribution is -2.52. The third-order valence-corrected chi connectivity index (χ3v) is 5.88. The van der Waals surface area contributed by atoms with Gasteiger partial charge in [0.1, 0.15) is 11.6 Å². The lowest BCUT2D eigenvalue weighted by Gasteiger charge is -2.42. The van der Waals surface area contributed by atoms with Crippen LogP contribution in [0.4, 0.5) is 0 Å². The van der Waals surface area contributed by atoms with Crippen molar-refractivity contribution < 1.29 is 15.0 Å². The van der Waals surface area contributed by atoms with E-state index in [4.69, 9.17) is 23.6 Å². The maximum absolute atomic E-state index is 11.7. The van der Waals surface area contributed by atoms with Gasteiger partial charge in [-0.05, 0) is 48.2 Å². The number of phenols is 1. The first kappa shape index (κ1) is 21.5. The van der Waals surface area contributed by atoms with Crippen molar-refractivity contribution in [1.82, 2.24) is 4.90 Å². The molecule has 0 amide bonds. The van der Waals surface area contributed by atoms with Gasteiger partial charge in [-0.25, -0.2) is 4.79 Å². The summed E-state index contributed by atoms with van der Waals surface area (Å²) in [5, 5.41) is 19.4. The van der Waals surface area contributed by atoms with Gasteiger partial charge in [0.05, 0.1) is 16.0 Å². The van der Waals surface area contributed by atoms with E-state index in [-0.39, 0.29) is 17.7 Å². The van der Waals surface area contributed by atoms with Crippen LogP contribution < -0.4 is 0 Å². The Morgan fingerprint density at radius 3 is 2.63 bits per heavy atom. The lowest BCUT2D eigenvalue weighted by molar-refractivity contribution is 0.0696. The van der Waals surface area contributed by atoms with E-state index in [1.807, 2.05) is 30.0 Å². The summed E-state index contributed by atoms with van der Waals surface area (Å²) >= 11 is 5.65. The Morgan fingerprint density at radius 1 is 1.27 bits per heavy atom. The third kappa shape index (κ3) is 3.94. The van der Waals surface area contributed by atoms with Crippen LogP contribution in [0, 0.1) is 12.3 Å². The molecule has 6 heteroatoms. The summed E-state index contributed by atoms with van der Waals surface area (Å²) in [4.78, 5) is 19.4. The van der Waals surface area contributed by atoms with E-state index in [0.717, 1.165) is 34.9 Å². The zero-order valence-electron chi connectivity index (χ0n) is 16.8. The molecule has 154 valence electrons. The van der Waals surface area contributed by atoms with E-state index in [9.17, 15) is 15.0 Å². The van der Waals surface area contributed by atoms with Gasteiger partial charge in [-0.1, -0.05) is 43.4 Å². The van der Waals surface area contributed by atoms with Gasteiger partial charge in [-0.2, -0.15) is 0 Å². The number of thiocarbonyl (C=S) groups is 1. The van der Waals surface area contributed by atoms with Crippen molar-refractivity contribution in [3.05, 3.63) is 65.2 Å². The van der Waals surface area contributed by atoms with Gasteiger partial charge < -0.3 is 15.1 Å². The molecule has 2 aromatic carbocycles. The number of carboxylic acid groups (broad SMARTS) is 1. The first-order valence-corrected chi connectivity index (χ1v) is 10.3. The van der Waals surface area contributed by atoms with Gasteiger partial charge in [-0.3, -0.25) is 4.99 Å². The highest BCUT2D eigenvalue weighted by molar-refractivity contribution is 7.80. The predicted molar refractivity (Wildman–Crippen MR) is 122 cm³/mol. The van der Waals surface area contributed by atoms with E-state index >= 15 is 0 Å². The molecule has 1 unspecified atom stereocenters. The van der Waals surface area contributed by atoms with E-state index in [2.05, 4.69) is 5.92 Å². The van der Waals surface area contributed by atoms with Crippen molar-refractivity contribution in [2.45, 2.75) is 31.6 Å². The van der Waals surface area contributed by atoms with Crippen LogP contribution >= 0.6 is 12.2 Å². The molecule has 1 aliphatic rings. The van der Waals surface area contributed by atoms with E-state index in [1.165, 1.54) is 0 Å². The molecule has 5 nitrogen and oxygen atoms in total. The van der Waals surface area contributed by atoms with Crippen molar-refractivity contribution in [3.63, 3.8) is 0 Å². The molecule has 1 atom stereocenters. The number of hydrogen-bond acceptors (Lipinski definition) is 4. The summed E-state index contributed by atoms with van der Waals surface area (Å²) in [7, 11) is 0. The number of carbonyl (C=O) groups is 1. The fourth-order valence-corrected chi connectivity index (χ4v) is 4.11. The highest BCUT2D eigenvalue weighted by Crippen LogP contribution is 2.40. The molecule has 2 aromatic rings. The van der Waals surface area contributed by atoms with Crippen molar-refractivity contribution in [3.8, 4) is 18.1 Å². The van der Waals surface area contributed by atoms with E-state index in [0.29, 0.717) is 13.0 Å². The highest BCUT2D eigenvalue weighted by Gasteiger charge is 2.43. The molecule has 0 aromatic heterocycles. The average Bonchev–Trinajstić information content (AvgIpc) is 2.77. The molecule has 2 N–H and O–H groups in total. The number of nitrogens with zero attached hydrogens (tertiary/aromatic N) is 2. The minimum absolute atomic E-state index is 0.138. The molecule has 0 spiro atoms. The Bertz CT molecular complexity index is 1020. The number of phenolic OH excluding ortho intramolecular Hbond substituents is 1. The quantitative estimate of drug-likeness (QED) is 0.540. The Kier molecular flexibility index (Phi) is 6.53. The molecule has 0 radical (unpaired) electrons. The van der Waals surface area contributed by atoms with Crippen LogP contribution in [0.5, 0.6) is 5.75 Å². The number of aromatic hydroxyl groups is 1. The summed E-state index contributed by atoms with van der Waals surface area (Å²) in [5.74, 6) is 2.64. The molecule has 0 bridgehead atoms. The second-order valence-corrected chi connectivity index (χ2v) is 7.65. The van der Waals surface area contributed by atoms with Gasteiger partial charge in [0, 0.05) is 19.5 Å². The SMILES string of the molecule is C#CCC(C1=NCCCN1C(=S)CC)(c1ccc(O)cc1)c1cccc(C(=O)O)c1. The van der Waals surface area contributed by atoms with Gasteiger partial charge >= 0.3 is 5.97 Å². The fraction of sp³-hybridized carbons (Fsp3) is 0.292. The number of terminal acetylenes is 1. The van der Waals surface area contributed by atoms with Crippen LogP contribution in [0.2, 0.25) is 0 Å². The number of aromatic carboxylic acids is 1. The summed E-state index contributed by atoms with van der Waals surface area (Å²) in [5.41, 5.74) is 0.836. The minimum Gasteiger partial charge on any atom is -0.508 e. The molecule has 30 heavy (non-hydrogen) atoms. The summed E-state index contributed by atoms with van der Waals surface area (Å²) in [6.07, 6.45) is 7.68. The Balaban J connectivity index is 2.34. The van der Waals surface area contributed by atoms with Crippen LogP contribution in [-0.2, 0) is 5.41 Å². The minimum atomic E-state index is -1.01. The molecule has 0 saturated carbocycles. The molecule has 0 fully saturated rings. The van der Waals surface area contributed by atoms with Gasteiger partial charge in [-0.15, -0.1) is 12.3 Å². The first-order chi connectivity index (χ1) is 14.4. The Labute approximate surface area is 182 Å². The number of benzene rings is 2. The van der Waals surface area contributed by atoms with Crippen molar-refractivity contribution >= 4 is 29.0 Å². The standard InChI is InChI=1S/C24H24N2O3S/c1-3-13-24(18-9-11-20(27)12-10-18,19-8-5-7-17(16-19)22(28)29)23-25-14-6-15-26(23)21(30)4-2/h1,5,7-12,16,27H,4,6,13-15H2,2H3,(H,28,29). The van der Waals surface area contributed by atoms with Crippen LogP contribution in [-0.4, -0.2) is 45.0 Å². The molecule has 1 aliphatic heterocycles. The number of carboxylic acids is 1. The normalized spacial score (nSPS) is 15.6. The summed E-state index contributed by atoms with van der Waals surface area (Å²) in [6, 6.07) is 13.6. The van der Waals surface area contributed by atoms with Crippen LogP contribution in [0.1, 0.15) is 47.7 Å². The second-order valence-electron chi connectivity index (χ2n) is 7.18. The largest absolute Gasteiger partial charge is 0.508 e. The smallest absolute Gasteiger partial charge is 0.335 e. The molecular formula is C24H24N2O3S. The Morgan fingerprint density at radius 2 is 2.00 bits per heavy atom. The van der Waals surface area contributed by atoms with Crippen molar-refractivity contribution in [1.29, 1.82) is 0 Å². The van der Waals surface area contributed by atoms with Crippen LogP contribution in [0.3, 0.4) is 0 Å². The fourth-order valence-electron chi connectivity index (χ4n) is 3.93. The zero-order valence-corrected chi connectivity index (χ0v) is 17.7. The maximum Gasteiger partial charge on any atom is 0.335 e. The Hall–Kier alpha value is -3.17.